The van der Waals surface area contributed by atoms with Crippen molar-refractivity contribution in [2.45, 2.75) is 26.8 Å². The molecule has 0 spiro atoms. The number of halogens is 2. The Balaban J connectivity index is 3.24. The summed E-state index contributed by atoms with van der Waals surface area (Å²) in [5, 5.41) is 0. The van der Waals surface area contributed by atoms with Crippen LogP contribution in [0.3, 0.4) is 0 Å². The van der Waals surface area contributed by atoms with E-state index in [1.54, 1.807) is 6.92 Å². The van der Waals surface area contributed by atoms with Gasteiger partial charge in [0.25, 0.3) is 6.43 Å². The first kappa shape index (κ1) is 13.5. The van der Waals surface area contributed by atoms with Gasteiger partial charge in [0.15, 0.2) is 5.69 Å². The maximum atomic E-state index is 12.7. The van der Waals surface area contributed by atoms with Gasteiger partial charge < -0.3 is 10.5 Å². The Bertz CT molecular complexity index is 422. The molecule has 1 heterocycles. The van der Waals surface area contributed by atoms with E-state index in [1.807, 2.05) is 0 Å². The normalized spacial score (nSPS) is 10.7. The van der Waals surface area contributed by atoms with E-state index in [0.717, 1.165) is 6.20 Å². The minimum atomic E-state index is -2.66. The molecule has 0 aliphatic heterocycles. The number of esters is 1. The molecule has 0 unspecified atom stereocenters. The zero-order valence-corrected chi connectivity index (χ0v) is 9.67. The molecule has 0 fully saturated rings. The van der Waals surface area contributed by atoms with Crippen molar-refractivity contribution in [2.75, 3.05) is 6.61 Å². The molecule has 0 amide bonds. The quantitative estimate of drug-likeness (QED) is 0.822. The van der Waals surface area contributed by atoms with Gasteiger partial charge in [-0.1, -0.05) is 0 Å². The summed E-state index contributed by atoms with van der Waals surface area (Å²) in [7, 11) is 0. The van der Waals surface area contributed by atoms with Gasteiger partial charge in [0.05, 0.1) is 6.61 Å². The fourth-order valence-corrected chi connectivity index (χ4v) is 1.53. The second-order valence-corrected chi connectivity index (χ2v) is 3.39. The maximum Gasteiger partial charge on any atom is 0.357 e. The van der Waals surface area contributed by atoms with Crippen LogP contribution in [0.2, 0.25) is 0 Å². The maximum absolute atomic E-state index is 12.7. The molecule has 4 nitrogen and oxygen atoms in total. The number of alkyl halides is 2. The molecule has 0 aliphatic rings. The molecular weight excluding hydrogens is 230 g/mol. The summed E-state index contributed by atoms with van der Waals surface area (Å²) in [4.78, 5) is 15.2. The number of rotatable bonds is 4. The van der Waals surface area contributed by atoms with Crippen molar-refractivity contribution >= 4 is 5.97 Å². The average molecular weight is 244 g/mol. The van der Waals surface area contributed by atoms with Gasteiger partial charge in [-0.05, 0) is 25.0 Å². The van der Waals surface area contributed by atoms with E-state index in [9.17, 15) is 13.6 Å². The van der Waals surface area contributed by atoms with Gasteiger partial charge in [0, 0.05) is 18.3 Å². The second kappa shape index (κ2) is 5.67. The number of aromatic nitrogens is 1. The first-order valence-corrected chi connectivity index (χ1v) is 5.16. The standard InChI is InChI=1S/C11H14F2N2O2/c1-3-17-11(16)9-6(2)7(4-14)8(5-15-9)10(12)13/h5,10H,3-4,14H2,1-2H3. The second-order valence-electron chi connectivity index (χ2n) is 3.39. The monoisotopic (exact) mass is 244 g/mol. The first-order chi connectivity index (χ1) is 8.02. The SMILES string of the molecule is CCOC(=O)c1ncc(C(F)F)c(CN)c1C. The van der Waals surface area contributed by atoms with E-state index < -0.39 is 12.4 Å². The van der Waals surface area contributed by atoms with Crippen LogP contribution in [0, 0.1) is 6.92 Å². The van der Waals surface area contributed by atoms with Crippen LogP contribution in [0.15, 0.2) is 6.20 Å². The lowest BCUT2D eigenvalue weighted by molar-refractivity contribution is 0.0517. The molecule has 0 radical (unpaired) electrons. The summed E-state index contributed by atoms with van der Waals surface area (Å²) in [5.41, 5.74) is 5.82. The number of hydrogen-bond donors (Lipinski definition) is 1. The van der Waals surface area contributed by atoms with Crippen LogP contribution in [0.5, 0.6) is 0 Å². The Morgan fingerprint density at radius 1 is 1.59 bits per heavy atom. The molecule has 1 rings (SSSR count). The third-order valence-corrected chi connectivity index (χ3v) is 2.40. The minimum absolute atomic E-state index is 0.0386. The summed E-state index contributed by atoms with van der Waals surface area (Å²) >= 11 is 0. The smallest absolute Gasteiger partial charge is 0.357 e. The van der Waals surface area contributed by atoms with Crippen molar-refractivity contribution in [3.8, 4) is 0 Å². The summed E-state index contributed by atoms with van der Waals surface area (Å²) < 4.78 is 30.1. The van der Waals surface area contributed by atoms with Crippen LogP contribution >= 0.6 is 0 Å². The fraction of sp³-hybridized carbons (Fsp3) is 0.455. The zero-order valence-electron chi connectivity index (χ0n) is 9.67. The van der Waals surface area contributed by atoms with E-state index >= 15 is 0 Å². The van der Waals surface area contributed by atoms with Gasteiger partial charge in [-0.2, -0.15) is 0 Å². The molecule has 94 valence electrons. The van der Waals surface area contributed by atoms with E-state index in [2.05, 4.69) is 4.98 Å². The van der Waals surface area contributed by atoms with Crippen molar-refractivity contribution in [3.05, 3.63) is 28.6 Å². The van der Waals surface area contributed by atoms with Gasteiger partial charge in [0.2, 0.25) is 0 Å². The van der Waals surface area contributed by atoms with Crippen LogP contribution in [0.1, 0.15) is 40.5 Å². The van der Waals surface area contributed by atoms with E-state index in [-0.39, 0.29) is 30.0 Å². The molecule has 0 saturated carbocycles. The predicted octanol–water partition coefficient (Wildman–Crippen LogP) is 1.96. The highest BCUT2D eigenvalue weighted by atomic mass is 19.3. The van der Waals surface area contributed by atoms with Crippen molar-refractivity contribution in [1.29, 1.82) is 0 Å². The topological polar surface area (TPSA) is 65.2 Å². The summed E-state index contributed by atoms with van der Waals surface area (Å²) in [6, 6.07) is 0. The van der Waals surface area contributed by atoms with E-state index in [1.165, 1.54) is 6.92 Å². The molecule has 1 aromatic rings. The molecule has 0 saturated heterocycles. The van der Waals surface area contributed by atoms with Crippen LogP contribution in [-0.4, -0.2) is 17.6 Å². The highest BCUT2D eigenvalue weighted by molar-refractivity contribution is 5.89. The summed E-state index contributed by atoms with van der Waals surface area (Å²) in [6.07, 6.45) is -1.68. The van der Waals surface area contributed by atoms with Crippen molar-refractivity contribution in [2.24, 2.45) is 5.73 Å². The third-order valence-electron chi connectivity index (χ3n) is 2.40. The van der Waals surface area contributed by atoms with Gasteiger partial charge in [-0.25, -0.2) is 18.6 Å². The van der Waals surface area contributed by atoms with Crippen LogP contribution in [-0.2, 0) is 11.3 Å². The minimum Gasteiger partial charge on any atom is -0.461 e. The molecule has 0 aromatic carbocycles. The highest BCUT2D eigenvalue weighted by Gasteiger charge is 2.20. The van der Waals surface area contributed by atoms with E-state index in [0.29, 0.717) is 5.56 Å². The zero-order chi connectivity index (χ0) is 13.0. The summed E-state index contributed by atoms with van der Waals surface area (Å²) in [6.45, 7) is 3.33. The number of hydrogen-bond acceptors (Lipinski definition) is 4. The number of nitrogens with zero attached hydrogens (tertiary/aromatic N) is 1. The lowest BCUT2D eigenvalue weighted by Crippen LogP contribution is -2.14. The summed E-state index contributed by atoms with van der Waals surface area (Å²) in [5.74, 6) is -0.625. The highest BCUT2D eigenvalue weighted by Crippen LogP contribution is 2.25. The van der Waals surface area contributed by atoms with E-state index in [4.69, 9.17) is 10.5 Å². The number of ether oxygens (including phenoxy) is 1. The van der Waals surface area contributed by atoms with Gasteiger partial charge in [-0.15, -0.1) is 0 Å². The molecule has 6 heteroatoms. The Labute approximate surface area is 97.8 Å². The lowest BCUT2D eigenvalue weighted by atomic mass is 10.0. The molecule has 0 aliphatic carbocycles. The first-order valence-electron chi connectivity index (χ1n) is 5.16. The largest absolute Gasteiger partial charge is 0.461 e. The van der Waals surface area contributed by atoms with Crippen LogP contribution < -0.4 is 5.73 Å². The molecule has 0 bridgehead atoms. The Morgan fingerprint density at radius 2 is 2.24 bits per heavy atom. The van der Waals surface area contributed by atoms with Crippen molar-refractivity contribution in [1.82, 2.24) is 4.98 Å². The van der Waals surface area contributed by atoms with Crippen LogP contribution in [0.25, 0.3) is 0 Å². The lowest BCUT2D eigenvalue weighted by Gasteiger charge is -2.12. The molecular formula is C11H14F2N2O2. The predicted molar refractivity (Wildman–Crippen MR) is 57.8 cm³/mol. The number of pyridine rings is 1. The van der Waals surface area contributed by atoms with Crippen molar-refractivity contribution in [3.63, 3.8) is 0 Å². The Hall–Kier alpha value is -1.56. The third kappa shape index (κ3) is 2.76. The molecule has 0 atom stereocenters. The Kier molecular flexibility index (Phi) is 4.51. The van der Waals surface area contributed by atoms with Gasteiger partial charge in [-0.3, -0.25) is 0 Å². The van der Waals surface area contributed by atoms with Crippen LogP contribution in [0.4, 0.5) is 8.78 Å². The molecule has 1 aromatic heterocycles. The fourth-order valence-electron chi connectivity index (χ4n) is 1.53. The van der Waals surface area contributed by atoms with Crippen molar-refractivity contribution < 1.29 is 18.3 Å². The number of carbonyl (C=O) groups excluding carboxylic acids is 1. The van der Waals surface area contributed by atoms with Gasteiger partial charge >= 0.3 is 5.97 Å². The Morgan fingerprint density at radius 3 is 2.71 bits per heavy atom. The van der Waals surface area contributed by atoms with Gasteiger partial charge in [0.1, 0.15) is 0 Å². The average Bonchev–Trinajstić information content (AvgIpc) is 2.28. The number of carbonyl (C=O) groups is 1. The molecule has 2 N–H and O–H groups in total. The number of nitrogens with two attached hydrogens (primary N) is 1. The molecule has 17 heavy (non-hydrogen) atoms.